The van der Waals surface area contributed by atoms with Crippen molar-refractivity contribution in [1.29, 1.82) is 0 Å². The summed E-state index contributed by atoms with van der Waals surface area (Å²) in [5.41, 5.74) is 2.56. The number of carbonyl (C=O) groups is 1. The molecule has 0 saturated heterocycles. The summed E-state index contributed by atoms with van der Waals surface area (Å²) in [7, 11) is 0. The van der Waals surface area contributed by atoms with E-state index in [-0.39, 0.29) is 12.5 Å². The first-order valence-electron chi connectivity index (χ1n) is 7.93. The van der Waals surface area contributed by atoms with Gasteiger partial charge in [-0.05, 0) is 41.6 Å². The molecule has 0 aliphatic carbocycles. The van der Waals surface area contributed by atoms with Gasteiger partial charge in [0.25, 0.3) is 5.91 Å². The van der Waals surface area contributed by atoms with Gasteiger partial charge in [-0.1, -0.05) is 42.0 Å². The molecule has 2 aromatic carbocycles. The summed E-state index contributed by atoms with van der Waals surface area (Å²) >= 11 is 1.31. The number of thiophene rings is 1. The van der Waals surface area contributed by atoms with Crippen LogP contribution in [0.25, 0.3) is 11.1 Å². The molecule has 0 aliphatic rings. The van der Waals surface area contributed by atoms with Gasteiger partial charge in [-0.15, -0.1) is 11.3 Å². The minimum Gasteiger partial charge on any atom is -0.347 e. The average molecular weight is 375 g/mol. The van der Waals surface area contributed by atoms with Gasteiger partial charge in [0.05, 0.1) is 10.4 Å². The monoisotopic (exact) mass is 375 g/mol. The van der Waals surface area contributed by atoms with Crippen LogP contribution in [0, 0.1) is 6.92 Å². The van der Waals surface area contributed by atoms with Crippen molar-refractivity contribution in [2.24, 2.45) is 0 Å². The van der Waals surface area contributed by atoms with E-state index in [4.69, 9.17) is 0 Å². The Balaban J connectivity index is 1.74. The zero-order chi connectivity index (χ0) is 18.7. The summed E-state index contributed by atoms with van der Waals surface area (Å²) in [5.74, 6) is -0.298. The Hall–Kier alpha value is -2.60. The van der Waals surface area contributed by atoms with Crippen molar-refractivity contribution in [3.05, 3.63) is 81.5 Å². The molecule has 0 bridgehead atoms. The molecule has 0 spiro atoms. The molecule has 2 nitrogen and oxygen atoms in total. The van der Waals surface area contributed by atoms with Crippen LogP contribution < -0.4 is 5.32 Å². The lowest BCUT2D eigenvalue weighted by Crippen LogP contribution is -2.22. The molecule has 1 aromatic heterocycles. The van der Waals surface area contributed by atoms with Gasteiger partial charge in [0.1, 0.15) is 0 Å². The summed E-state index contributed by atoms with van der Waals surface area (Å²) in [6.07, 6.45) is -4.40. The van der Waals surface area contributed by atoms with Crippen molar-refractivity contribution in [3.63, 3.8) is 0 Å². The highest BCUT2D eigenvalue weighted by atomic mass is 32.1. The number of rotatable bonds is 4. The van der Waals surface area contributed by atoms with E-state index in [0.717, 1.165) is 28.8 Å². The molecule has 26 heavy (non-hydrogen) atoms. The molecule has 134 valence electrons. The Labute approximate surface area is 153 Å². The van der Waals surface area contributed by atoms with Gasteiger partial charge >= 0.3 is 6.18 Å². The van der Waals surface area contributed by atoms with Crippen molar-refractivity contribution in [1.82, 2.24) is 5.32 Å². The van der Waals surface area contributed by atoms with Crippen molar-refractivity contribution in [3.8, 4) is 11.1 Å². The number of hydrogen-bond acceptors (Lipinski definition) is 2. The van der Waals surface area contributed by atoms with Crippen LogP contribution in [0.5, 0.6) is 0 Å². The van der Waals surface area contributed by atoms with Crippen molar-refractivity contribution in [2.75, 3.05) is 0 Å². The highest BCUT2D eigenvalue weighted by Gasteiger charge is 2.30. The molecule has 6 heteroatoms. The van der Waals surface area contributed by atoms with Gasteiger partial charge in [-0.2, -0.15) is 13.2 Å². The zero-order valence-electron chi connectivity index (χ0n) is 13.9. The molecule has 0 atom stereocenters. The Morgan fingerprint density at radius 2 is 1.81 bits per heavy atom. The fourth-order valence-corrected chi connectivity index (χ4v) is 3.40. The molecule has 3 aromatic rings. The lowest BCUT2D eigenvalue weighted by Gasteiger charge is -2.10. The van der Waals surface area contributed by atoms with Crippen LogP contribution in [-0.4, -0.2) is 5.91 Å². The fourth-order valence-electron chi connectivity index (χ4n) is 2.57. The fraction of sp³-hybridized carbons (Fsp3) is 0.150. The number of alkyl halides is 3. The summed E-state index contributed by atoms with van der Waals surface area (Å²) in [6.45, 7) is 2.02. The van der Waals surface area contributed by atoms with E-state index in [0.29, 0.717) is 10.4 Å². The van der Waals surface area contributed by atoms with E-state index in [9.17, 15) is 18.0 Å². The first-order valence-corrected chi connectivity index (χ1v) is 8.81. The van der Waals surface area contributed by atoms with E-state index in [1.165, 1.54) is 17.4 Å². The normalized spacial score (nSPS) is 11.4. The van der Waals surface area contributed by atoms with Gasteiger partial charge < -0.3 is 5.32 Å². The van der Waals surface area contributed by atoms with Crippen molar-refractivity contribution >= 4 is 17.2 Å². The van der Waals surface area contributed by atoms with Gasteiger partial charge in [0.15, 0.2) is 0 Å². The van der Waals surface area contributed by atoms with Gasteiger partial charge in [-0.3, -0.25) is 4.79 Å². The maximum atomic E-state index is 12.8. The quantitative estimate of drug-likeness (QED) is 0.625. The molecule has 0 unspecified atom stereocenters. The molecule has 0 aliphatic heterocycles. The second-order valence-corrected chi connectivity index (χ2v) is 6.83. The number of nitrogens with one attached hydrogen (secondary N) is 1. The van der Waals surface area contributed by atoms with Crippen LogP contribution in [0.4, 0.5) is 13.2 Å². The Morgan fingerprint density at radius 1 is 1.08 bits per heavy atom. The van der Waals surface area contributed by atoms with Crippen molar-refractivity contribution < 1.29 is 18.0 Å². The molecule has 0 fully saturated rings. The zero-order valence-corrected chi connectivity index (χ0v) is 14.7. The number of amides is 1. The predicted octanol–water partition coefficient (Wildman–Crippen LogP) is 5.67. The van der Waals surface area contributed by atoms with E-state index >= 15 is 0 Å². The first-order chi connectivity index (χ1) is 12.3. The van der Waals surface area contributed by atoms with E-state index in [1.807, 2.05) is 42.6 Å². The highest BCUT2D eigenvalue weighted by Crippen LogP contribution is 2.30. The van der Waals surface area contributed by atoms with Crippen LogP contribution in [0.2, 0.25) is 0 Å². The maximum Gasteiger partial charge on any atom is 0.416 e. The number of carbonyl (C=O) groups excluding carboxylic acids is 1. The van der Waals surface area contributed by atoms with Crippen LogP contribution in [-0.2, 0) is 12.7 Å². The first kappa shape index (κ1) is 18.2. The van der Waals surface area contributed by atoms with E-state index in [1.54, 1.807) is 6.07 Å². The molecule has 1 N–H and O–H groups in total. The third-order valence-electron chi connectivity index (χ3n) is 3.94. The minimum absolute atomic E-state index is 0.0357. The second kappa shape index (κ2) is 7.33. The maximum absolute atomic E-state index is 12.8. The average Bonchev–Trinajstić information content (AvgIpc) is 3.09. The Morgan fingerprint density at radius 3 is 2.50 bits per heavy atom. The molecule has 0 saturated carbocycles. The number of halogens is 3. The number of hydrogen-bond donors (Lipinski definition) is 1. The summed E-state index contributed by atoms with van der Waals surface area (Å²) in [4.78, 5) is 13.0. The number of benzene rings is 2. The van der Waals surface area contributed by atoms with Crippen molar-refractivity contribution in [2.45, 2.75) is 19.6 Å². The Bertz CT molecular complexity index is 913. The van der Waals surface area contributed by atoms with E-state index in [2.05, 4.69) is 5.32 Å². The highest BCUT2D eigenvalue weighted by molar-refractivity contribution is 7.12. The molecule has 3 rings (SSSR count). The van der Waals surface area contributed by atoms with Crippen LogP contribution >= 0.6 is 11.3 Å². The summed E-state index contributed by atoms with van der Waals surface area (Å²) in [5, 5.41) is 4.53. The Kier molecular flexibility index (Phi) is 5.13. The summed E-state index contributed by atoms with van der Waals surface area (Å²) in [6, 6.07) is 14.7. The molecular weight excluding hydrogens is 359 g/mol. The third-order valence-corrected chi connectivity index (χ3v) is 4.85. The number of aryl methyl sites for hydroxylation is 1. The van der Waals surface area contributed by atoms with Crippen LogP contribution in [0.1, 0.15) is 26.4 Å². The molecular formula is C20H16F3NOS. The van der Waals surface area contributed by atoms with Gasteiger partial charge in [-0.25, -0.2) is 0 Å². The standard InChI is InChI=1S/C20H16F3NOS/c1-13-5-7-15(8-6-13)17-9-10-26-18(17)19(25)24-12-14-3-2-4-16(11-14)20(21,22)23/h2-11H,12H2,1H3,(H,24,25). The third kappa shape index (κ3) is 4.14. The predicted molar refractivity (Wildman–Crippen MR) is 97.1 cm³/mol. The topological polar surface area (TPSA) is 29.1 Å². The van der Waals surface area contributed by atoms with Crippen LogP contribution in [0.3, 0.4) is 0 Å². The lowest BCUT2D eigenvalue weighted by atomic mass is 10.0. The van der Waals surface area contributed by atoms with Crippen LogP contribution in [0.15, 0.2) is 60.0 Å². The minimum atomic E-state index is -4.40. The smallest absolute Gasteiger partial charge is 0.347 e. The van der Waals surface area contributed by atoms with Gasteiger partial charge in [0, 0.05) is 12.1 Å². The SMILES string of the molecule is Cc1ccc(-c2ccsc2C(=O)NCc2cccc(C(F)(F)F)c2)cc1. The summed E-state index contributed by atoms with van der Waals surface area (Å²) < 4.78 is 38.3. The largest absolute Gasteiger partial charge is 0.416 e. The molecule has 1 heterocycles. The van der Waals surface area contributed by atoms with E-state index < -0.39 is 11.7 Å². The lowest BCUT2D eigenvalue weighted by molar-refractivity contribution is -0.137. The second-order valence-electron chi connectivity index (χ2n) is 5.91. The van der Waals surface area contributed by atoms with Gasteiger partial charge in [0.2, 0.25) is 0 Å². The molecule has 0 radical (unpaired) electrons. The molecule has 1 amide bonds.